The highest BCUT2D eigenvalue weighted by atomic mass is 32.1. The Hall–Kier alpha value is -0.380. The number of nitrogens with one attached hydrogen (secondary N) is 1. The number of nitrogens with zero attached hydrogens (tertiary/aromatic N) is 1. The van der Waals surface area contributed by atoms with E-state index in [1.807, 2.05) is 11.3 Å². The molecule has 0 spiro atoms. The van der Waals surface area contributed by atoms with Gasteiger partial charge in [0.2, 0.25) is 0 Å². The van der Waals surface area contributed by atoms with Gasteiger partial charge in [-0.25, -0.2) is 0 Å². The van der Waals surface area contributed by atoms with Crippen molar-refractivity contribution in [2.24, 2.45) is 5.92 Å². The molecule has 0 aromatic carbocycles. The average Bonchev–Trinajstić information content (AvgIpc) is 2.78. The van der Waals surface area contributed by atoms with Gasteiger partial charge in [0, 0.05) is 19.1 Å². The Balaban J connectivity index is 1.85. The third-order valence-corrected chi connectivity index (χ3v) is 4.24. The zero-order chi connectivity index (χ0) is 12.1. The number of piperidine rings is 1. The summed E-state index contributed by atoms with van der Waals surface area (Å²) in [6.07, 6.45) is 3.81. The lowest BCUT2D eigenvalue weighted by Crippen LogP contribution is -2.48. The normalized spacial score (nSPS) is 26.2. The van der Waals surface area contributed by atoms with Crippen molar-refractivity contribution >= 4 is 11.3 Å². The fraction of sp³-hybridized carbons (Fsp3) is 0.714. The summed E-state index contributed by atoms with van der Waals surface area (Å²) < 4.78 is 0. The van der Waals surface area contributed by atoms with Crippen molar-refractivity contribution in [3.8, 4) is 0 Å². The third kappa shape index (κ3) is 4.09. The second-order valence-corrected chi connectivity index (χ2v) is 6.09. The molecule has 1 aromatic rings. The van der Waals surface area contributed by atoms with Gasteiger partial charge in [-0.15, -0.1) is 0 Å². The van der Waals surface area contributed by atoms with Crippen LogP contribution >= 0.6 is 11.3 Å². The van der Waals surface area contributed by atoms with Gasteiger partial charge in [0.25, 0.3) is 0 Å². The maximum atomic E-state index is 3.67. The molecular formula is C14H24N2S. The summed E-state index contributed by atoms with van der Waals surface area (Å²) in [4.78, 5) is 2.48. The molecule has 0 radical (unpaired) electrons. The Morgan fingerprint density at radius 2 is 2.35 bits per heavy atom. The van der Waals surface area contributed by atoms with Gasteiger partial charge < -0.3 is 10.2 Å². The van der Waals surface area contributed by atoms with Crippen LogP contribution < -0.4 is 5.32 Å². The van der Waals surface area contributed by atoms with Crippen LogP contribution in [0.4, 0.5) is 0 Å². The first-order valence-corrected chi connectivity index (χ1v) is 7.65. The highest BCUT2D eigenvalue weighted by Crippen LogP contribution is 2.21. The lowest BCUT2D eigenvalue weighted by molar-refractivity contribution is 0.169. The minimum atomic E-state index is 0.692. The second kappa shape index (κ2) is 6.53. The predicted octanol–water partition coefficient (Wildman–Crippen LogP) is 2.61. The number of hydrogen-bond acceptors (Lipinski definition) is 3. The SMILES string of the molecule is CCCNC1CC(Cc2ccsc2)CN(C)C1. The fourth-order valence-corrected chi connectivity index (χ4v) is 3.51. The van der Waals surface area contributed by atoms with E-state index in [-0.39, 0.29) is 0 Å². The molecule has 0 aliphatic carbocycles. The van der Waals surface area contributed by atoms with Crippen LogP contribution in [0.25, 0.3) is 0 Å². The smallest absolute Gasteiger partial charge is 0.0198 e. The monoisotopic (exact) mass is 252 g/mol. The number of thiophene rings is 1. The average molecular weight is 252 g/mol. The molecule has 0 amide bonds. The first kappa shape index (κ1) is 13.1. The van der Waals surface area contributed by atoms with Crippen LogP contribution in [0.2, 0.25) is 0 Å². The minimum Gasteiger partial charge on any atom is -0.313 e. The molecule has 1 fully saturated rings. The second-order valence-electron chi connectivity index (χ2n) is 5.31. The van der Waals surface area contributed by atoms with E-state index >= 15 is 0 Å². The van der Waals surface area contributed by atoms with E-state index in [1.54, 1.807) is 0 Å². The molecule has 2 unspecified atom stereocenters. The van der Waals surface area contributed by atoms with E-state index < -0.39 is 0 Å². The Bertz CT molecular complexity index is 310. The minimum absolute atomic E-state index is 0.692. The lowest BCUT2D eigenvalue weighted by Gasteiger charge is -2.36. The molecule has 1 aliphatic heterocycles. The summed E-state index contributed by atoms with van der Waals surface area (Å²) in [5.74, 6) is 0.817. The molecule has 3 heteroatoms. The molecule has 2 rings (SSSR count). The van der Waals surface area contributed by atoms with Gasteiger partial charge in [-0.1, -0.05) is 6.92 Å². The van der Waals surface area contributed by atoms with Gasteiger partial charge in [0.15, 0.2) is 0 Å². The Kier molecular flexibility index (Phi) is 5.01. The van der Waals surface area contributed by atoms with Crippen LogP contribution in [0.1, 0.15) is 25.3 Å². The molecule has 96 valence electrons. The van der Waals surface area contributed by atoms with Crippen LogP contribution in [-0.2, 0) is 6.42 Å². The summed E-state index contributed by atoms with van der Waals surface area (Å²) in [5.41, 5.74) is 1.52. The highest BCUT2D eigenvalue weighted by Gasteiger charge is 2.24. The molecule has 1 saturated heterocycles. The highest BCUT2D eigenvalue weighted by molar-refractivity contribution is 7.07. The lowest BCUT2D eigenvalue weighted by atomic mass is 9.90. The third-order valence-electron chi connectivity index (χ3n) is 3.51. The number of likely N-dealkylation sites (tertiary alicyclic amines) is 1. The van der Waals surface area contributed by atoms with Crippen LogP contribution in [0, 0.1) is 5.92 Å². The molecule has 1 aliphatic rings. The van der Waals surface area contributed by atoms with E-state index in [4.69, 9.17) is 0 Å². The Morgan fingerprint density at radius 1 is 1.47 bits per heavy atom. The van der Waals surface area contributed by atoms with Crippen molar-refractivity contribution in [1.82, 2.24) is 10.2 Å². The van der Waals surface area contributed by atoms with Crippen molar-refractivity contribution in [3.05, 3.63) is 22.4 Å². The fourth-order valence-electron chi connectivity index (χ4n) is 2.83. The maximum absolute atomic E-state index is 3.67. The van der Waals surface area contributed by atoms with Crippen molar-refractivity contribution in [2.45, 2.75) is 32.2 Å². The van der Waals surface area contributed by atoms with Crippen molar-refractivity contribution in [2.75, 3.05) is 26.7 Å². The molecule has 1 N–H and O–H groups in total. The standard InChI is InChI=1S/C14H24N2S/c1-3-5-15-14-8-13(9-16(2)10-14)7-12-4-6-17-11-12/h4,6,11,13-15H,3,5,7-10H2,1-2H3. The molecule has 0 bridgehead atoms. The van der Waals surface area contributed by atoms with Crippen molar-refractivity contribution in [3.63, 3.8) is 0 Å². The summed E-state index contributed by atoms with van der Waals surface area (Å²) in [5, 5.41) is 8.16. The van der Waals surface area contributed by atoms with Gasteiger partial charge in [-0.2, -0.15) is 11.3 Å². The summed E-state index contributed by atoms with van der Waals surface area (Å²) in [7, 11) is 2.25. The quantitative estimate of drug-likeness (QED) is 0.866. The molecule has 17 heavy (non-hydrogen) atoms. The largest absolute Gasteiger partial charge is 0.313 e. The first-order chi connectivity index (χ1) is 8.28. The molecule has 2 atom stereocenters. The van der Waals surface area contributed by atoms with Crippen LogP contribution in [0.5, 0.6) is 0 Å². The molecule has 2 heterocycles. The molecule has 0 saturated carbocycles. The van der Waals surface area contributed by atoms with Crippen molar-refractivity contribution in [1.29, 1.82) is 0 Å². The van der Waals surface area contributed by atoms with Gasteiger partial charge in [-0.05, 0) is 61.2 Å². The van der Waals surface area contributed by atoms with Crippen LogP contribution in [0.3, 0.4) is 0 Å². The van der Waals surface area contributed by atoms with E-state index in [0.29, 0.717) is 6.04 Å². The van der Waals surface area contributed by atoms with Crippen LogP contribution in [0.15, 0.2) is 16.8 Å². The Morgan fingerprint density at radius 3 is 3.06 bits per heavy atom. The van der Waals surface area contributed by atoms with Crippen LogP contribution in [-0.4, -0.2) is 37.6 Å². The van der Waals surface area contributed by atoms with E-state index in [2.05, 4.69) is 41.0 Å². The molecule has 2 nitrogen and oxygen atoms in total. The molecule has 1 aromatic heterocycles. The predicted molar refractivity (Wildman–Crippen MR) is 75.7 cm³/mol. The van der Waals surface area contributed by atoms with Crippen molar-refractivity contribution < 1.29 is 0 Å². The number of hydrogen-bond donors (Lipinski definition) is 1. The van der Waals surface area contributed by atoms with E-state index in [0.717, 1.165) is 12.5 Å². The topological polar surface area (TPSA) is 15.3 Å². The number of rotatable bonds is 5. The van der Waals surface area contributed by atoms with Gasteiger partial charge >= 0.3 is 0 Å². The van der Waals surface area contributed by atoms with Gasteiger partial charge in [0.1, 0.15) is 0 Å². The number of likely N-dealkylation sites (N-methyl/N-ethyl adjacent to an activating group) is 1. The van der Waals surface area contributed by atoms with E-state index in [9.17, 15) is 0 Å². The maximum Gasteiger partial charge on any atom is 0.0198 e. The van der Waals surface area contributed by atoms with Gasteiger partial charge in [0.05, 0.1) is 0 Å². The Labute approximate surface area is 109 Å². The first-order valence-electron chi connectivity index (χ1n) is 6.71. The molecular weight excluding hydrogens is 228 g/mol. The zero-order valence-corrected chi connectivity index (χ0v) is 11.8. The summed E-state index contributed by atoms with van der Waals surface area (Å²) in [6.45, 7) is 5.85. The van der Waals surface area contributed by atoms with E-state index in [1.165, 1.54) is 37.9 Å². The summed E-state index contributed by atoms with van der Waals surface area (Å²) >= 11 is 1.81. The summed E-state index contributed by atoms with van der Waals surface area (Å²) in [6, 6.07) is 2.96. The van der Waals surface area contributed by atoms with Gasteiger partial charge in [-0.3, -0.25) is 0 Å². The zero-order valence-electron chi connectivity index (χ0n) is 11.0.